The summed E-state index contributed by atoms with van der Waals surface area (Å²) in [6.07, 6.45) is 2.59. The molecule has 0 spiro atoms. The van der Waals surface area contributed by atoms with E-state index in [0.29, 0.717) is 67.2 Å². The second-order valence-electron chi connectivity index (χ2n) is 8.34. The Hall–Kier alpha value is -4.21. The molecule has 5 rings (SSSR count). The molecule has 0 saturated carbocycles. The summed E-state index contributed by atoms with van der Waals surface area (Å²) in [6, 6.07) is 10.8. The van der Waals surface area contributed by atoms with E-state index >= 15 is 0 Å². The summed E-state index contributed by atoms with van der Waals surface area (Å²) in [6.45, 7) is 6.30. The minimum Gasteiger partial charge on any atom is -0.477 e. The maximum atomic E-state index is 13.2. The zero-order valence-electron chi connectivity index (χ0n) is 19.7. The van der Waals surface area contributed by atoms with Crippen molar-refractivity contribution in [2.45, 2.75) is 26.8 Å². The van der Waals surface area contributed by atoms with Crippen molar-refractivity contribution in [3.8, 4) is 17.3 Å². The van der Waals surface area contributed by atoms with Gasteiger partial charge in [0.25, 0.3) is 11.8 Å². The number of amides is 2. The van der Waals surface area contributed by atoms with Crippen LogP contribution < -0.4 is 10.1 Å². The van der Waals surface area contributed by atoms with E-state index in [0.717, 1.165) is 17.3 Å². The van der Waals surface area contributed by atoms with E-state index < -0.39 is 0 Å². The smallest absolute Gasteiger partial charge is 0.270 e. The van der Waals surface area contributed by atoms with Crippen molar-refractivity contribution < 1.29 is 18.8 Å². The number of carbonyl (C=O) groups is 2. The Morgan fingerprint density at radius 3 is 2.91 bits per heavy atom. The van der Waals surface area contributed by atoms with Gasteiger partial charge >= 0.3 is 0 Å². The highest BCUT2D eigenvalue weighted by atomic mass is 16.5. The van der Waals surface area contributed by atoms with E-state index in [2.05, 4.69) is 20.4 Å². The number of pyridine rings is 1. The van der Waals surface area contributed by atoms with Gasteiger partial charge in [0.2, 0.25) is 17.6 Å². The Balaban J connectivity index is 1.23. The SMILES string of the molecule is CCCOc1nccc2c1cc1n2CCN(CCNC(=O)c2cccc(-c3noc(C)n3)c2)C1=O. The number of fused-ring (bicyclic) bond motifs is 3. The lowest BCUT2D eigenvalue weighted by molar-refractivity contribution is 0.0701. The molecular weight excluding hydrogens is 448 g/mol. The number of benzene rings is 1. The van der Waals surface area contributed by atoms with Crippen molar-refractivity contribution in [2.24, 2.45) is 0 Å². The molecule has 0 atom stereocenters. The Labute approximate surface area is 201 Å². The van der Waals surface area contributed by atoms with Crippen LogP contribution in [-0.2, 0) is 6.54 Å². The van der Waals surface area contributed by atoms with Crippen LogP contribution in [0.1, 0.15) is 40.1 Å². The van der Waals surface area contributed by atoms with Gasteiger partial charge in [0.05, 0.1) is 17.5 Å². The average molecular weight is 475 g/mol. The van der Waals surface area contributed by atoms with Crippen LogP contribution in [0.3, 0.4) is 0 Å². The predicted molar refractivity (Wildman–Crippen MR) is 128 cm³/mol. The van der Waals surface area contributed by atoms with Gasteiger partial charge in [-0.1, -0.05) is 24.2 Å². The molecule has 1 aromatic carbocycles. The first kappa shape index (κ1) is 22.6. The van der Waals surface area contributed by atoms with Crippen LogP contribution in [0.15, 0.2) is 47.1 Å². The number of aryl methyl sites for hydroxylation is 1. The van der Waals surface area contributed by atoms with E-state index in [4.69, 9.17) is 9.26 Å². The summed E-state index contributed by atoms with van der Waals surface area (Å²) in [4.78, 5) is 36.2. The highest BCUT2D eigenvalue weighted by Crippen LogP contribution is 2.29. The second kappa shape index (κ2) is 9.57. The summed E-state index contributed by atoms with van der Waals surface area (Å²) in [5.74, 6) is 1.15. The zero-order valence-corrected chi connectivity index (χ0v) is 19.7. The van der Waals surface area contributed by atoms with E-state index in [9.17, 15) is 9.59 Å². The van der Waals surface area contributed by atoms with Gasteiger partial charge in [0.1, 0.15) is 5.69 Å². The largest absolute Gasteiger partial charge is 0.477 e. The third kappa shape index (κ3) is 4.46. The van der Waals surface area contributed by atoms with Crippen LogP contribution in [0, 0.1) is 6.92 Å². The second-order valence-corrected chi connectivity index (χ2v) is 8.34. The minimum absolute atomic E-state index is 0.0717. The molecule has 1 aliphatic heterocycles. The van der Waals surface area contributed by atoms with Crippen LogP contribution >= 0.6 is 0 Å². The number of nitrogens with one attached hydrogen (secondary N) is 1. The lowest BCUT2D eigenvalue weighted by Crippen LogP contribution is -2.44. The molecule has 0 unspecified atom stereocenters. The Bertz CT molecular complexity index is 1390. The van der Waals surface area contributed by atoms with E-state index in [1.54, 1.807) is 36.2 Å². The maximum absolute atomic E-state index is 13.2. The van der Waals surface area contributed by atoms with Gasteiger partial charge in [-0.15, -0.1) is 0 Å². The third-order valence-corrected chi connectivity index (χ3v) is 5.91. The molecule has 1 aliphatic rings. The summed E-state index contributed by atoms with van der Waals surface area (Å²) in [5.41, 5.74) is 2.74. The maximum Gasteiger partial charge on any atom is 0.270 e. The van der Waals surface area contributed by atoms with E-state index in [1.165, 1.54) is 0 Å². The van der Waals surface area contributed by atoms with Crippen LogP contribution in [-0.4, -0.2) is 62.6 Å². The first-order chi connectivity index (χ1) is 17.0. The van der Waals surface area contributed by atoms with Crippen LogP contribution in [0.4, 0.5) is 0 Å². The van der Waals surface area contributed by atoms with Crippen molar-refractivity contribution in [3.63, 3.8) is 0 Å². The molecule has 35 heavy (non-hydrogen) atoms. The van der Waals surface area contributed by atoms with E-state index in [1.807, 2.05) is 29.7 Å². The fourth-order valence-electron chi connectivity index (χ4n) is 4.21. The lowest BCUT2D eigenvalue weighted by Gasteiger charge is -2.28. The molecule has 4 heterocycles. The van der Waals surface area contributed by atoms with Gasteiger partial charge in [0.15, 0.2) is 0 Å². The highest BCUT2D eigenvalue weighted by Gasteiger charge is 2.27. The number of hydrogen-bond donors (Lipinski definition) is 1. The normalized spacial score (nSPS) is 13.2. The van der Waals surface area contributed by atoms with Crippen LogP contribution in [0.25, 0.3) is 22.3 Å². The van der Waals surface area contributed by atoms with Crippen molar-refractivity contribution >= 4 is 22.7 Å². The molecule has 0 bridgehead atoms. The predicted octanol–water partition coefficient (Wildman–Crippen LogP) is 3.07. The molecule has 3 aromatic heterocycles. The van der Waals surface area contributed by atoms with Crippen LogP contribution in [0.2, 0.25) is 0 Å². The quantitative estimate of drug-likeness (QED) is 0.417. The van der Waals surface area contributed by atoms with E-state index in [-0.39, 0.29) is 11.8 Å². The summed E-state index contributed by atoms with van der Waals surface area (Å²) in [7, 11) is 0. The van der Waals surface area contributed by atoms with Crippen molar-refractivity contribution in [3.05, 3.63) is 59.7 Å². The van der Waals surface area contributed by atoms with Gasteiger partial charge < -0.3 is 24.0 Å². The minimum atomic E-state index is -0.227. The van der Waals surface area contributed by atoms with Gasteiger partial charge in [-0.25, -0.2) is 4.98 Å². The van der Waals surface area contributed by atoms with Gasteiger partial charge in [-0.05, 0) is 30.7 Å². The zero-order chi connectivity index (χ0) is 24.4. The molecule has 4 aromatic rings. The highest BCUT2D eigenvalue weighted by molar-refractivity contribution is 6.00. The number of ether oxygens (including phenoxy) is 1. The number of carbonyl (C=O) groups excluding carboxylic acids is 2. The first-order valence-corrected chi connectivity index (χ1v) is 11.6. The molecule has 0 aliphatic carbocycles. The number of hydrogen-bond acceptors (Lipinski definition) is 7. The Morgan fingerprint density at radius 2 is 2.11 bits per heavy atom. The summed E-state index contributed by atoms with van der Waals surface area (Å²) < 4.78 is 12.8. The molecule has 0 fully saturated rings. The van der Waals surface area contributed by atoms with Crippen molar-refractivity contribution in [2.75, 3.05) is 26.2 Å². The van der Waals surface area contributed by atoms with Crippen molar-refractivity contribution in [1.29, 1.82) is 0 Å². The molecule has 2 amide bonds. The molecule has 1 N–H and O–H groups in total. The molecular formula is C25H26N6O4. The first-order valence-electron chi connectivity index (χ1n) is 11.6. The van der Waals surface area contributed by atoms with Crippen molar-refractivity contribution in [1.82, 2.24) is 29.9 Å². The fraction of sp³-hybridized carbons (Fsp3) is 0.320. The molecule has 0 saturated heterocycles. The Morgan fingerprint density at radius 1 is 1.23 bits per heavy atom. The van der Waals surface area contributed by atoms with Crippen LogP contribution in [0.5, 0.6) is 5.88 Å². The topological polar surface area (TPSA) is 115 Å². The third-order valence-electron chi connectivity index (χ3n) is 5.91. The monoisotopic (exact) mass is 474 g/mol. The van der Waals surface area contributed by atoms with Gasteiger partial charge in [-0.3, -0.25) is 9.59 Å². The fourth-order valence-corrected chi connectivity index (χ4v) is 4.21. The summed E-state index contributed by atoms with van der Waals surface area (Å²) in [5, 5.41) is 7.64. The number of rotatable bonds is 8. The molecule has 180 valence electrons. The number of aromatic nitrogens is 4. The average Bonchev–Trinajstić information content (AvgIpc) is 3.48. The van der Waals surface area contributed by atoms with Gasteiger partial charge in [-0.2, -0.15) is 4.98 Å². The lowest BCUT2D eigenvalue weighted by atomic mass is 10.1. The number of nitrogens with zero attached hydrogens (tertiary/aromatic N) is 5. The van der Waals surface area contributed by atoms with Gasteiger partial charge in [0, 0.05) is 50.4 Å². The Kier molecular flexibility index (Phi) is 6.17. The summed E-state index contributed by atoms with van der Waals surface area (Å²) >= 11 is 0. The molecule has 0 radical (unpaired) electrons. The molecule has 10 heteroatoms. The molecule has 10 nitrogen and oxygen atoms in total. The standard InChI is InChI=1S/C25H26N6O4/c1-3-13-34-24-19-15-21-25(33)30(11-12-31(21)20(19)7-8-27-24)10-9-26-23(32)18-6-4-5-17(14-18)22-28-16(2)35-29-22/h4-8,14-15H,3,9-13H2,1-2H3,(H,26,32).